The second kappa shape index (κ2) is 11.5. The minimum atomic E-state index is -2.29. The van der Waals surface area contributed by atoms with Gasteiger partial charge in [-0.3, -0.25) is 0 Å². The Morgan fingerprint density at radius 1 is 0.750 bits per heavy atom. The van der Waals surface area contributed by atoms with E-state index in [0.717, 1.165) is 12.5 Å². The van der Waals surface area contributed by atoms with Gasteiger partial charge in [-0.05, 0) is 6.42 Å². The maximum absolute atomic E-state index is 5.36. The summed E-state index contributed by atoms with van der Waals surface area (Å²) in [5.74, 6) is 0. The number of hydrogen-bond donors (Lipinski definition) is 0. The second-order valence-corrected chi connectivity index (χ2v) is 6.90. The molecular formula is C11H28O4Si. The van der Waals surface area contributed by atoms with Crippen molar-refractivity contribution in [3.63, 3.8) is 0 Å². The highest BCUT2D eigenvalue weighted by molar-refractivity contribution is 6.60. The highest BCUT2D eigenvalue weighted by Gasteiger charge is 2.36. The van der Waals surface area contributed by atoms with Gasteiger partial charge in [-0.15, -0.1) is 0 Å². The largest absolute Gasteiger partial charge is 0.500 e. The van der Waals surface area contributed by atoms with Crippen molar-refractivity contribution in [1.29, 1.82) is 0 Å². The van der Waals surface area contributed by atoms with Gasteiger partial charge in [0.25, 0.3) is 0 Å². The fraction of sp³-hybridized carbons (Fsp3) is 1.00. The molecule has 0 saturated carbocycles. The molecule has 0 bridgehead atoms. The summed E-state index contributed by atoms with van der Waals surface area (Å²) in [6.07, 6.45) is 7.71. The van der Waals surface area contributed by atoms with E-state index < -0.39 is 8.80 Å². The Hall–Kier alpha value is 0.0569. The molecule has 0 aliphatic heterocycles. The lowest BCUT2D eigenvalue weighted by molar-refractivity contribution is 0.122. The highest BCUT2D eigenvalue weighted by atomic mass is 28.4. The number of hydrogen-bond acceptors (Lipinski definition) is 3. The molecule has 0 spiro atoms. The van der Waals surface area contributed by atoms with Crippen molar-refractivity contribution in [2.24, 2.45) is 0 Å². The van der Waals surface area contributed by atoms with Gasteiger partial charge in [-0.1, -0.05) is 39.0 Å². The molecule has 0 aromatic rings. The van der Waals surface area contributed by atoms with Gasteiger partial charge in [-0.2, -0.15) is 0 Å². The highest BCUT2D eigenvalue weighted by Crippen LogP contribution is 2.17. The first kappa shape index (κ1) is 18.4. The molecule has 0 aliphatic rings. The number of rotatable bonds is 10. The Labute approximate surface area is 101 Å². The van der Waals surface area contributed by atoms with Crippen LogP contribution in [0.4, 0.5) is 0 Å². The zero-order chi connectivity index (χ0) is 11.6. The predicted molar refractivity (Wildman–Crippen MR) is 68.6 cm³/mol. The van der Waals surface area contributed by atoms with Gasteiger partial charge in [0, 0.05) is 27.4 Å². The van der Waals surface area contributed by atoms with Crippen LogP contribution >= 0.6 is 0 Å². The third kappa shape index (κ3) is 7.35. The van der Waals surface area contributed by atoms with Crippen LogP contribution in [-0.4, -0.2) is 35.6 Å². The van der Waals surface area contributed by atoms with Crippen LogP contribution in [-0.2, 0) is 13.3 Å². The molecule has 100 valence electrons. The fourth-order valence-corrected chi connectivity index (χ4v) is 3.47. The first-order valence-electron chi connectivity index (χ1n) is 5.90. The van der Waals surface area contributed by atoms with E-state index in [1.807, 2.05) is 0 Å². The minimum Gasteiger partial charge on any atom is -0.412 e. The first-order chi connectivity index (χ1) is 7.24. The van der Waals surface area contributed by atoms with E-state index in [4.69, 9.17) is 13.3 Å². The van der Waals surface area contributed by atoms with Crippen LogP contribution < -0.4 is 0 Å². The molecular weight excluding hydrogens is 224 g/mol. The lowest BCUT2D eigenvalue weighted by atomic mass is 10.1. The molecule has 0 aliphatic carbocycles. The van der Waals surface area contributed by atoms with Gasteiger partial charge < -0.3 is 18.8 Å². The molecule has 4 nitrogen and oxygen atoms in total. The van der Waals surface area contributed by atoms with E-state index in [0.29, 0.717) is 0 Å². The van der Waals surface area contributed by atoms with E-state index in [1.165, 1.54) is 32.1 Å². The quantitative estimate of drug-likeness (QED) is 0.443. The van der Waals surface area contributed by atoms with Gasteiger partial charge in [0.15, 0.2) is 0 Å². The van der Waals surface area contributed by atoms with E-state index in [2.05, 4.69) is 6.92 Å². The second-order valence-electron chi connectivity index (χ2n) is 3.81. The van der Waals surface area contributed by atoms with Crippen LogP contribution in [0, 0.1) is 0 Å². The van der Waals surface area contributed by atoms with Crippen molar-refractivity contribution in [3.05, 3.63) is 0 Å². The molecule has 0 fully saturated rings. The van der Waals surface area contributed by atoms with Crippen LogP contribution in [0.3, 0.4) is 0 Å². The summed E-state index contributed by atoms with van der Waals surface area (Å²) in [5.41, 5.74) is 0. The maximum Gasteiger partial charge on any atom is 0.500 e. The zero-order valence-electron chi connectivity index (χ0n) is 11.2. The SMILES string of the molecule is CCCCCCCC[Si](OC)(OC)OC.O. The molecule has 0 saturated heterocycles. The molecule has 0 unspecified atom stereocenters. The average molecular weight is 252 g/mol. The van der Waals surface area contributed by atoms with E-state index >= 15 is 0 Å². The summed E-state index contributed by atoms with van der Waals surface area (Å²) in [7, 11) is 2.74. The third-order valence-corrected chi connectivity index (χ3v) is 5.60. The number of unbranched alkanes of at least 4 members (excludes halogenated alkanes) is 5. The third-order valence-electron chi connectivity index (χ3n) is 2.77. The van der Waals surface area contributed by atoms with Crippen LogP contribution in [0.25, 0.3) is 0 Å². The van der Waals surface area contributed by atoms with Crippen molar-refractivity contribution in [1.82, 2.24) is 0 Å². The summed E-state index contributed by atoms with van der Waals surface area (Å²) < 4.78 is 16.1. The van der Waals surface area contributed by atoms with Crippen molar-refractivity contribution in [2.75, 3.05) is 21.3 Å². The normalized spacial score (nSPS) is 11.2. The van der Waals surface area contributed by atoms with Crippen LogP contribution in [0.15, 0.2) is 0 Å². The topological polar surface area (TPSA) is 59.2 Å². The molecule has 0 heterocycles. The molecule has 5 heteroatoms. The standard InChI is InChI=1S/C11H26O3Si.H2O/c1-5-6-7-8-9-10-11-15(12-2,13-3)14-4;/h5-11H2,1-4H3;1H2. The smallest absolute Gasteiger partial charge is 0.412 e. The van der Waals surface area contributed by atoms with Crippen molar-refractivity contribution >= 4 is 8.80 Å². The molecule has 16 heavy (non-hydrogen) atoms. The summed E-state index contributed by atoms with van der Waals surface area (Å²) in [5, 5.41) is 0. The van der Waals surface area contributed by atoms with Gasteiger partial charge in [0.2, 0.25) is 0 Å². The average Bonchev–Trinajstić information content (AvgIpc) is 2.29. The van der Waals surface area contributed by atoms with Crippen molar-refractivity contribution in [2.45, 2.75) is 51.5 Å². The van der Waals surface area contributed by atoms with Gasteiger partial charge in [-0.25, -0.2) is 0 Å². The van der Waals surface area contributed by atoms with Gasteiger partial charge in [0.1, 0.15) is 0 Å². The summed E-state index contributed by atoms with van der Waals surface area (Å²) in [6, 6.07) is 0.933. The molecule has 0 amide bonds. The van der Waals surface area contributed by atoms with E-state index in [-0.39, 0.29) is 5.48 Å². The molecule has 0 aromatic carbocycles. The summed E-state index contributed by atoms with van der Waals surface area (Å²) >= 11 is 0. The Bertz CT molecular complexity index is 132. The van der Waals surface area contributed by atoms with Crippen molar-refractivity contribution < 1.29 is 18.8 Å². The lowest BCUT2D eigenvalue weighted by Gasteiger charge is -2.24. The summed E-state index contributed by atoms with van der Waals surface area (Å²) in [4.78, 5) is 0. The molecule has 2 N–H and O–H groups in total. The summed E-state index contributed by atoms with van der Waals surface area (Å²) in [6.45, 7) is 2.23. The predicted octanol–water partition coefficient (Wildman–Crippen LogP) is 2.40. The Kier molecular flexibility index (Phi) is 13.3. The molecule has 0 rings (SSSR count). The van der Waals surface area contributed by atoms with Gasteiger partial charge >= 0.3 is 8.80 Å². The van der Waals surface area contributed by atoms with Gasteiger partial charge in [0.05, 0.1) is 0 Å². The van der Waals surface area contributed by atoms with Crippen molar-refractivity contribution in [3.8, 4) is 0 Å². The maximum atomic E-state index is 5.36. The fourth-order valence-electron chi connectivity index (χ4n) is 1.68. The molecule has 0 atom stereocenters. The minimum absolute atomic E-state index is 0. The van der Waals surface area contributed by atoms with Crippen LogP contribution in [0.5, 0.6) is 0 Å². The molecule has 0 radical (unpaired) electrons. The van der Waals surface area contributed by atoms with Crippen LogP contribution in [0.1, 0.15) is 45.4 Å². The van der Waals surface area contributed by atoms with E-state index in [9.17, 15) is 0 Å². The zero-order valence-corrected chi connectivity index (χ0v) is 12.2. The monoisotopic (exact) mass is 252 g/mol. The molecule has 0 aromatic heterocycles. The first-order valence-corrected chi connectivity index (χ1v) is 7.83. The lowest BCUT2D eigenvalue weighted by Crippen LogP contribution is -2.42. The van der Waals surface area contributed by atoms with E-state index in [1.54, 1.807) is 21.3 Å². The Morgan fingerprint density at radius 2 is 1.19 bits per heavy atom. The van der Waals surface area contributed by atoms with Crippen LogP contribution in [0.2, 0.25) is 6.04 Å². The Morgan fingerprint density at radius 3 is 1.62 bits per heavy atom. The Balaban J connectivity index is 0.